The highest BCUT2D eigenvalue weighted by Gasteiger charge is 2.24. The Hall–Kier alpha value is -2.52. The van der Waals surface area contributed by atoms with Crippen molar-refractivity contribution in [3.8, 4) is 0 Å². The molecule has 0 bridgehead atoms. The lowest BCUT2D eigenvalue weighted by atomic mass is 10.2. The van der Waals surface area contributed by atoms with E-state index in [1.54, 1.807) is 9.80 Å². The van der Waals surface area contributed by atoms with E-state index in [1.165, 1.54) is 43.0 Å². The van der Waals surface area contributed by atoms with E-state index in [1.807, 2.05) is 0 Å². The third kappa shape index (κ3) is 5.05. The maximum atomic E-state index is 12.7. The number of carbonyl (C=O) groups excluding carboxylic acids is 2. The maximum absolute atomic E-state index is 12.7. The van der Waals surface area contributed by atoms with Crippen LogP contribution in [0.1, 0.15) is 27.1 Å². The van der Waals surface area contributed by atoms with Gasteiger partial charge < -0.3 is 9.80 Å². The fraction of sp³-hybridized carbons (Fsp3) is 0.333. The molecule has 28 heavy (non-hydrogen) atoms. The molecule has 1 saturated heterocycles. The lowest BCUT2D eigenvalue weighted by Crippen LogP contribution is -2.37. The maximum Gasteiger partial charge on any atom is 0.257 e. The van der Waals surface area contributed by atoms with Crippen molar-refractivity contribution in [3.05, 3.63) is 54.1 Å². The van der Waals surface area contributed by atoms with Crippen molar-refractivity contribution in [2.24, 2.45) is 0 Å². The van der Waals surface area contributed by atoms with Crippen molar-refractivity contribution in [1.29, 1.82) is 0 Å². The molecule has 2 aromatic rings. The Morgan fingerprint density at radius 1 is 0.857 bits per heavy atom. The molecule has 8 nitrogen and oxygen atoms in total. The first-order valence-corrected chi connectivity index (χ1v) is 10.4. The van der Waals surface area contributed by atoms with E-state index in [4.69, 9.17) is 0 Å². The van der Waals surface area contributed by atoms with Crippen LogP contribution in [0.2, 0.25) is 0 Å². The summed E-state index contributed by atoms with van der Waals surface area (Å²) in [5, 5.41) is 0. The number of amides is 2. The number of sulfone groups is 1. The van der Waals surface area contributed by atoms with E-state index in [2.05, 4.69) is 9.97 Å². The first kappa shape index (κ1) is 21.8. The van der Waals surface area contributed by atoms with Crippen molar-refractivity contribution >= 4 is 34.1 Å². The van der Waals surface area contributed by atoms with Gasteiger partial charge in [-0.15, -0.1) is 12.4 Å². The molecule has 3 rings (SSSR count). The van der Waals surface area contributed by atoms with E-state index in [0.717, 1.165) is 6.26 Å². The molecule has 0 N–H and O–H groups in total. The zero-order chi connectivity index (χ0) is 19.4. The predicted octanol–water partition coefficient (Wildman–Crippen LogP) is 1.29. The van der Waals surface area contributed by atoms with E-state index in [0.29, 0.717) is 43.7 Å². The normalized spacial score (nSPS) is 14.8. The zero-order valence-corrected chi connectivity index (χ0v) is 16.9. The third-order valence-corrected chi connectivity index (χ3v) is 5.54. The number of hydrogen-bond donors (Lipinski definition) is 0. The Morgan fingerprint density at radius 3 is 1.86 bits per heavy atom. The van der Waals surface area contributed by atoms with Crippen LogP contribution in [0.5, 0.6) is 0 Å². The molecule has 0 atom stereocenters. The van der Waals surface area contributed by atoms with Crippen molar-refractivity contribution in [1.82, 2.24) is 19.8 Å². The highest BCUT2D eigenvalue weighted by Crippen LogP contribution is 2.14. The molecule has 0 spiro atoms. The van der Waals surface area contributed by atoms with Gasteiger partial charge in [-0.1, -0.05) is 0 Å². The largest absolute Gasteiger partial charge is 0.337 e. The Morgan fingerprint density at radius 2 is 1.36 bits per heavy atom. The summed E-state index contributed by atoms with van der Waals surface area (Å²) in [5.74, 6) is -0.324. The van der Waals surface area contributed by atoms with E-state index in [-0.39, 0.29) is 29.1 Å². The molecule has 0 aliphatic carbocycles. The summed E-state index contributed by atoms with van der Waals surface area (Å²) in [6.07, 6.45) is 6.11. The van der Waals surface area contributed by atoms with Gasteiger partial charge in [0, 0.05) is 50.4 Å². The summed E-state index contributed by atoms with van der Waals surface area (Å²) in [6, 6.07) is 5.92. The Labute approximate surface area is 169 Å². The summed E-state index contributed by atoms with van der Waals surface area (Å²) < 4.78 is 23.1. The monoisotopic (exact) mass is 424 g/mol. The fourth-order valence-electron chi connectivity index (χ4n) is 2.94. The molecule has 0 radical (unpaired) electrons. The van der Waals surface area contributed by atoms with Gasteiger partial charge in [-0.25, -0.2) is 18.4 Å². The van der Waals surface area contributed by atoms with Crippen LogP contribution in [0.15, 0.2) is 47.9 Å². The van der Waals surface area contributed by atoms with Crippen molar-refractivity contribution in [2.75, 3.05) is 32.4 Å². The number of aromatic nitrogens is 2. The first-order valence-electron chi connectivity index (χ1n) is 8.50. The van der Waals surface area contributed by atoms with E-state index >= 15 is 0 Å². The second-order valence-corrected chi connectivity index (χ2v) is 8.38. The van der Waals surface area contributed by atoms with Crippen molar-refractivity contribution in [3.63, 3.8) is 0 Å². The molecule has 1 aromatic carbocycles. The van der Waals surface area contributed by atoms with Crippen LogP contribution >= 0.6 is 12.4 Å². The SMILES string of the molecule is CS(=O)(=O)c1ccc(C(=O)N2CCCN(C(=O)c3cncnc3)CC2)cc1.Cl. The minimum Gasteiger partial charge on any atom is -0.337 e. The average Bonchev–Trinajstić information content (AvgIpc) is 2.93. The molecule has 1 aliphatic rings. The predicted molar refractivity (Wildman–Crippen MR) is 105 cm³/mol. The average molecular weight is 425 g/mol. The standard InChI is InChI=1S/C18H20N4O4S.ClH/c1-27(25,26)16-5-3-14(4-6-16)17(23)21-7-2-8-22(10-9-21)18(24)15-11-19-13-20-12-15;/h3-6,11-13H,2,7-10H2,1H3;1H. The van der Waals surface area contributed by atoms with Crippen molar-refractivity contribution in [2.45, 2.75) is 11.3 Å². The summed E-state index contributed by atoms with van der Waals surface area (Å²) in [4.78, 5) is 36.5. The van der Waals surface area contributed by atoms with Gasteiger partial charge >= 0.3 is 0 Å². The number of hydrogen-bond acceptors (Lipinski definition) is 6. The Bertz CT molecular complexity index is 936. The molecule has 0 unspecified atom stereocenters. The number of halogens is 1. The molecule has 150 valence electrons. The molecule has 1 fully saturated rings. The fourth-order valence-corrected chi connectivity index (χ4v) is 3.57. The van der Waals surface area contributed by atoms with Crippen LogP contribution in [0, 0.1) is 0 Å². The summed E-state index contributed by atoms with van der Waals surface area (Å²) in [6.45, 7) is 1.90. The lowest BCUT2D eigenvalue weighted by Gasteiger charge is -2.22. The van der Waals surface area contributed by atoms with Gasteiger partial charge in [0.2, 0.25) is 0 Å². The van der Waals surface area contributed by atoms with Gasteiger partial charge in [-0.3, -0.25) is 9.59 Å². The molecule has 2 heterocycles. The van der Waals surface area contributed by atoms with Gasteiger partial charge in [-0.05, 0) is 30.7 Å². The van der Waals surface area contributed by atoms with E-state index in [9.17, 15) is 18.0 Å². The smallest absolute Gasteiger partial charge is 0.257 e. The van der Waals surface area contributed by atoms with Crippen LogP contribution in [0.3, 0.4) is 0 Å². The molecular formula is C18H21ClN4O4S. The summed E-state index contributed by atoms with van der Waals surface area (Å²) in [7, 11) is -3.30. The Balaban J connectivity index is 0.00000280. The zero-order valence-electron chi connectivity index (χ0n) is 15.3. The first-order chi connectivity index (χ1) is 12.9. The van der Waals surface area contributed by atoms with Crippen molar-refractivity contribution < 1.29 is 18.0 Å². The molecule has 10 heteroatoms. The molecular weight excluding hydrogens is 404 g/mol. The van der Waals surface area contributed by atoms with Gasteiger partial charge in [0.25, 0.3) is 11.8 Å². The minimum absolute atomic E-state index is 0. The van der Waals surface area contributed by atoms with Crippen LogP contribution in [0.4, 0.5) is 0 Å². The molecule has 1 aromatic heterocycles. The number of nitrogens with zero attached hydrogens (tertiary/aromatic N) is 4. The second kappa shape index (κ2) is 9.11. The lowest BCUT2D eigenvalue weighted by molar-refractivity contribution is 0.0718. The van der Waals surface area contributed by atoms with E-state index < -0.39 is 9.84 Å². The van der Waals surface area contributed by atoms with Crippen LogP contribution in [-0.4, -0.2) is 72.4 Å². The second-order valence-electron chi connectivity index (χ2n) is 6.36. The van der Waals surface area contributed by atoms with Gasteiger partial charge in [-0.2, -0.15) is 0 Å². The number of benzene rings is 1. The van der Waals surface area contributed by atoms with Gasteiger partial charge in [0.15, 0.2) is 9.84 Å². The minimum atomic E-state index is -3.30. The summed E-state index contributed by atoms with van der Waals surface area (Å²) in [5.41, 5.74) is 0.854. The Kier molecular flexibility index (Phi) is 7.09. The number of carbonyl (C=O) groups is 2. The molecule has 0 saturated carbocycles. The third-order valence-electron chi connectivity index (χ3n) is 4.41. The number of rotatable bonds is 3. The highest BCUT2D eigenvalue weighted by atomic mass is 35.5. The quantitative estimate of drug-likeness (QED) is 0.735. The van der Waals surface area contributed by atoms with Gasteiger partial charge in [0.1, 0.15) is 6.33 Å². The van der Waals surface area contributed by atoms with Gasteiger partial charge in [0.05, 0.1) is 10.5 Å². The molecule has 2 amide bonds. The van der Waals surface area contributed by atoms with Crippen LogP contribution in [0.25, 0.3) is 0 Å². The summed E-state index contributed by atoms with van der Waals surface area (Å²) >= 11 is 0. The molecule has 1 aliphatic heterocycles. The van der Waals surface area contributed by atoms with Crippen LogP contribution < -0.4 is 0 Å². The topological polar surface area (TPSA) is 101 Å². The highest BCUT2D eigenvalue weighted by molar-refractivity contribution is 7.90. The van der Waals surface area contributed by atoms with Crippen LogP contribution in [-0.2, 0) is 9.84 Å².